The second-order valence-corrected chi connectivity index (χ2v) is 7.44. The van der Waals surface area contributed by atoms with E-state index in [-0.39, 0.29) is 22.0 Å². The molecule has 0 atom stereocenters. The second kappa shape index (κ2) is 4.60. The molecule has 2 N–H and O–H groups in total. The van der Waals surface area contributed by atoms with Crippen molar-refractivity contribution in [3.05, 3.63) is 17.1 Å². The van der Waals surface area contributed by atoms with Crippen LogP contribution in [-0.4, -0.2) is 25.0 Å². The minimum Gasteiger partial charge on any atom is -0.478 e. The topological polar surface area (TPSA) is 96.6 Å². The monoisotopic (exact) mass is 301 g/mol. The van der Waals surface area contributed by atoms with Crippen LogP contribution in [0.4, 0.5) is 0 Å². The highest BCUT2D eigenvalue weighted by atomic mass is 32.2. The molecule has 1 fully saturated rings. The summed E-state index contributed by atoms with van der Waals surface area (Å²) < 4.78 is 32.8. The highest BCUT2D eigenvalue weighted by molar-refractivity contribution is 7.89. The molecule has 0 amide bonds. The average Bonchev–Trinajstić information content (AvgIpc) is 3.02. The predicted octanol–water partition coefficient (Wildman–Crippen LogP) is 2.06. The maximum Gasteiger partial charge on any atom is 0.340 e. The van der Waals surface area contributed by atoms with Gasteiger partial charge in [-0.25, -0.2) is 17.9 Å². The highest BCUT2D eigenvalue weighted by Gasteiger charge is 2.42. The Balaban J connectivity index is 2.47. The Kier molecular flexibility index (Phi) is 3.46. The lowest BCUT2D eigenvalue weighted by Gasteiger charge is -2.25. The fourth-order valence-corrected chi connectivity index (χ4v) is 4.40. The molecule has 0 radical (unpaired) electrons. The summed E-state index contributed by atoms with van der Waals surface area (Å²) in [6.45, 7) is 6.52. The van der Waals surface area contributed by atoms with Crippen molar-refractivity contribution in [3.8, 4) is 0 Å². The standard InChI is InChI=1S/C13H19NO5S/c1-7-10(12(15)16)11(8(2)19-7)20(17,18)14-13(3,4)9-5-6-9/h9,14H,5-6H2,1-4H3,(H,15,16). The van der Waals surface area contributed by atoms with Crippen LogP contribution in [0.25, 0.3) is 0 Å². The lowest BCUT2D eigenvalue weighted by atomic mass is 10.0. The van der Waals surface area contributed by atoms with Crippen LogP contribution in [0.2, 0.25) is 0 Å². The van der Waals surface area contributed by atoms with Crippen molar-refractivity contribution in [2.24, 2.45) is 5.92 Å². The molecule has 0 aliphatic heterocycles. The SMILES string of the molecule is Cc1oc(C)c(S(=O)(=O)NC(C)(C)C2CC2)c1C(=O)O. The number of hydrogen-bond donors (Lipinski definition) is 2. The van der Waals surface area contributed by atoms with Gasteiger partial charge in [-0.05, 0) is 46.5 Å². The quantitative estimate of drug-likeness (QED) is 0.867. The predicted molar refractivity (Wildman–Crippen MR) is 72.3 cm³/mol. The first-order valence-electron chi connectivity index (χ1n) is 6.43. The summed E-state index contributed by atoms with van der Waals surface area (Å²) in [5.74, 6) is -0.818. The molecule has 1 aliphatic carbocycles. The molecule has 1 saturated carbocycles. The summed E-state index contributed by atoms with van der Waals surface area (Å²) in [5.41, 5.74) is -0.881. The van der Waals surface area contributed by atoms with Gasteiger partial charge < -0.3 is 9.52 Å². The van der Waals surface area contributed by atoms with E-state index in [0.717, 1.165) is 12.8 Å². The van der Waals surface area contributed by atoms with Gasteiger partial charge in [-0.1, -0.05) is 0 Å². The molecule has 0 unspecified atom stereocenters. The molecule has 1 aromatic rings. The van der Waals surface area contributed by atoms with E-state index >= 15 is 0 Å². The van der Waals surface area contributed by atoms with Crippen LogP contribution < -0.4 is 4.72 Å². The van der Waals surface area contributed by atoms with Crippen molar-refractivity contribution < 1.29 is 22.7 Å². The summed E-state index contributed by atoms with van der Waals surface area (Å²) in [6, 6.07) is 0. The molecule has 1 heterocycles. The molecular formula is C13H19NO5S. The van der Waals surface area contributed by atoms with Crippen LogP contribution in [0.3, 0.4) is 0 Å². The van der Waals surface area contributed by atoms with Crippen molar-refractivity contribution in [1.82, 2.24) is 4.72 Å². The van der Waals surface area contributed by atoms with Gasteiger partial charge in [-0.2, -0.15) is 0 Å². The van der Waals surface area contributed by atoms with Crippen molar-refractivity contribution in [2.45, 2.75) is 51.0 Å². The first kappa shape index (κ1) is 15.1. The van der Waals surface area contributed by atoms with Gasteiger partial charge in [0.15, 0.2) is 0 Å². The normalized spacial score (nSPS) is 16.4. The molecule has 6 nitrogen and oxygen atoms in total. The summed E-state index contributed by atoms with van der Waals surface area (Å²) in [5, 5.41) is 9.19. The Bertz CT molecular complexity index is 653. The summed E-state index contributed by atoms with van der Waals surface area (Å²) in [6.07, 6.45) is 1.95. The van der Waals surface area contributed by atoms with Crippen molar-refractivity contribution in [3.63, 3.8) is 0 Å². The van der Waals surface area contributed by atoms with Gasteiger partial charge in [-0.3, -0.25) is 0 Å². The van der Waals surface area contributed by atoms with E-state index in [1.165, 1.54) is 13.8 Å². The first-order valence-corrected chi connectivity index (χ1v) is 7.92. The van der Waals surface area contributed by atoms with Gasteiger partial charge in [-0.15, -0.1) is 0 Å². The molecule has 112 valence electrons. The lowest BCUT2D eigenvalue weighted by molar-refractivity contribution is 0.0691. The average molecular weight is 301 g/mol. The lowest BCUT2D eigenvalue weighted by Crippen LogP contribution is -2.45. The number of carboxylic acid groups (broad SMARTS) is 1. The Labute approximate surface area is 118 Å². The largest absolute Gasteiger partial charge is 0.478 e. The number of nitrogens with one attached hydrogen (secondary N) is 1. The number of carbonyl (C=O) groups is 1. The van der Waals surface area contributed by atoms with E-state index in [9.17, 15) is 18.3 Å². The number of aryl methyl sites for hydroxylation is 2. The molecule has 0 aromatic carbocycles. The fourth-order valence-electron chi connectivity index (χ4n) is 2.52. The third-order valence-corrected chi connectivity index (χ3v) is 5.51. The number of rotatable bonds is 5. The molecule has 20 heavy (non-hydrogen) atoms. The van der Waals surface area contributed by atoms with Gasteiger partial charge in [0, 0.05) is 5.54 Å². The van der Waals surface area contributed by atoms with Gasteiger partial charge in [0.05, 0.1) is 0 Å². The Morgan fingerprint density at radius 2 is 1.85 bits per heavy atom. The van der Waals surface area contributed by atoms with E-state index in [0.29, 0.717) is 5.92 Å². The van der Waals surface area contributed by atoms with Gasteiger partial charge >= 0.3 is 5.97 Å². The fraction of sp³-hybridized carbons (Fsp3) is 0.615. The van der Waals surface area contributed by atoms with Gasteiger partial charge in [0.25, 0.3) is 0 Å². The van der Waals surface area contributed by atoms with Gasteiger partial charge in [0.1, 0.15) is 22.0 Å². The van der Waals surface area contributed by atoms with Crippen molar-refractivity contribution in [2.75, 3.05) is 0 Å². The molecule has 0 bridgehead atoms. The Morgan fingerprint density at radius 1 is 1.30 bits per heavy atom. The number of aromatic carboxylic acids is 1. The highest BCUT2D eigenvalue weighted by Crippen LogP contribution is 2.40. The Hall–Kier alpha value is -1.34. The molecule has 2 rings (SSSR count). The van der Waals surface area contributed by atoms with Crippen molar-refractivity contribution >= 4 is 16.0 Å². The Morgan fingerprint density at radius 3 is 2.30 bits per heavy atom. The zero-order chi connectivity index (χ0) is 15.3. The van der Waals surface area contributed by atoms with E-state index in [2.05, 4.69) is 4.72 Å². The summed E-state index contributed by atoms with van der Waals surface area (Å²) in [7, 11) is -3.93. The number of hydrogen-bond acceptors (Lipinski definition) is 4. The van der Waals surface area contributed by atoms with Gasteiger partial charge in [0.2, 0.25) is 10.0 Å². The molecule has 0 spiro atoms. The van der Waals surface area contributed by atoms with Crippen LogP contribution in [0.5, 0.6) is 0 Å². The zero-order valence-corrected chi connectivity index (χ0v) is 12.8. The second-order valence-electron chi connectivity index (χ2n) is 5.83. The maximum absolute atomic E-state index is 12.5. The minimum atomic E-state index is -3.93. The number of furan rings is 1. The van der Waals surface area contributed by atoms with E-state index < -0.39 is 21.5 Å². The molecule has 1 aliphatic rings. The third kappa shape index (κ3) is 2.60. The van der Waals surface area contributed by atoms with E-state index in [1.54, 1.807) is 0 Å². The number of carboxylic acids is 1. The minimum absolute atomic E-state index is 0.0963. The van der Waals surface area contributed by atoms with Crippen molar-refractivity contribution in [1.29, 1.82) is 0 Å². The smallest absolute Gasteiger partial charge is 0.340 e. The van der Waals surface area contributed by atoms with E-state index in [4.69, 9.17) is 4.42 Å². The number of sulfonamides is 1. The summed E-state index contributed by atoms with van der Waals surface area (Å²) in [4.78, 5) is 11.0. The van der Waals surface area contributed by atoms with Crippen LogP contribution in [0, 0.1) is 19.8 Å². The van der Waals surface area contributed by atoms with E-state index in [1.807, 2.05) is 13.8 Å². The van der Waals surface area contributed by atoms with Crippen LogP contribution in [0.15, 0.2) is 9.31 Å². The molecule has 7 heteroatoms. The van der Waals surface area contributed by atoms with Crippen LogP contribution >= 0.6 is 0 Å². The molecule has 0 saturated heterocycles. The zero-order valence-electron chi connectivity index (χ0n) is 12.0. The molecule has 1 aromatic heterocycles. The van der Waals surface area contributed by atoms with Crippen LogP contribution in [0.1, 0.15) is 48.6 Å². The van der Waals surface area contributed by atoms with Crippen LogP contribution in [-0.2, 0) is 10.0 Å². The maximum atomic E-state index is 12.5. The first-order chi connectivity index (χ1) is 9.06. The summed E-state index contributed by atoms with van der Waals surface area (Å²) >= 11 is 0. The molecular weight excluding hydrogens is 282 g/mol. The third-order valence-electron chi connectivity index (χ3n) is 3.68.